The van der Waals surface area contributed by atoms with Crippen LogP contribution in [0.5, 0.6) is 0 Å². The zero-order chi connectivity index (χ0) is 10.3. The van der Waals surface area contributed by atoms with Crippen LogP contribution in [0, 0.1) is 0 Å². The Morgan fingerprint density at radius 3 is 2.46 bits per heavy atom. The fourth-order valence-corrected chi connectivity index (χ4v) is 0.974. The molecule has 0 unspecified atom stereocenters. The Kier molecular flexibility index (Phi) is 6.10. The standard InChI is InChI=1S/C8H10O3.C2H6/c9-7(8(10)11)6-4-2-1-3-5-6;1-2/h1-2,4,8,10-11H,3,5H2;1-2H3. The molecule has 0 aromatic carbocycles. The smallest absolute Gasteiger partial charge is 0.217 e. The summed E-state index contributed by atoms with van der Waals surface area (Å²) >= 11 is 0. The van der Waals surface area contributed by atoms with Crippen molar-refractivity contribution >= 4 is 5.78 Å². The van der Waals surface area contributed by atoms with E-state index >= 15 is 0 Å². The lowest BCUT2D eigenvalue weighted by Gasteiger charge is -2.08. The van der Waals surface area contributed by atoms with Gasteiger partial charge in [0, 0.05) is 5.57 Å². The van der Waals surface area contributed by atoms with Gasteiger partial charge in [-0.2, -0.15) is 0 Å². The van der Waals surface area contributed by atoms with E-state index in [9.17, 15) is 4.79 Å². The van der Waals surface area contributed by atoms with Gasteiger partial charge in [0.1, 0.15) is 0 Å². The fraction of sp³-hybridized carbons (Fsp3) is 0.500. The highest BCUT2D eigenvalue weighted by molar-refractivity contribution is 5.97. The zero-order valence-corrected chi connectivity index (χ0v) is 8.03. The van der Waals surface area contributed by atoms with Gasteiger partial charge in [-0.1, -0.05) is 32.1 Å². The minimum Gasteiger partial charge on any atom is -0.362 e. The number of hydrogen-bond donors (Lipinski definition) is 2. The molecular weight excluding hydrogens is 168 g/mol. The molecule has 0 saturated carbocycles. The molecule has 2 N–H and O–H groups in total. The highest BCUT2D eigenvalue weighted by atomic mass is 16.5. The monoisotopic (exact) mass is 184 g/mol. The summed E-state index contributed by atoms with van der Waals surface area (Å²) in [5.74, 6) is -0.589. The molecule has 0 bridgehead atoms. The fourth-order valence-electron chi connectivity index (χ4n) is 0.974. The van der Waals surface area contributed by atoms with Gasteiger partial charge >= 0.3 is 0 Å². The van der Waals surface area contributed by atoms with Gasteiger partial charge in [0.05, 0.1) is 0 Å². The zero-order valence-electron chi connectivity index (χ0n) is 8.03. The summed E-state index contributed by atoms with van der Waals surface area (Å²) in [4.78, 5) is 10.9. The summed E-state index contributed by atoms with van der Waals surface area (Å²) in [5.41, 5.74) is 0.488. The number of ketones is 1. The van der Waals surface area contributed by atoms with E-state index in [1.807, 2.05) is 19.9 Å². The summed E-state index contributed by atoms with van der Waals surface area (Å²) in [6.45, 7) is 4.00. The lowest BCUT2D eigenvalue weighted by molar-refractivity contribution is -0.140. The molecule has 0 heterocycles. The number of hydrogen-bond acceptors (Lipinski definition) is 3. The third kappa shape index (κ3) is 4.01. The van der Waals surface area contributed by atoms with Crippen LogP contribution >= 0.6 is 0 Å². The maximum Gasteiger partial charge on any atom is 0.217 e. The molecular formula is C10H16O3. The van der Waals surface area contributed by atoms with Crippen molar-refractivity contribution in [2.75, 3.05) is 0 Å². The van der Waals surface area contributed by atoms with E-state index in [1.165, 1.54) is 0 Å². The molecule has 13 heavy (non-hydrogen) atoms. The molecule has 3 heteroatoms. The second-order valence-electron chi connectivity index (χ2n) is 2.40. The topological polar surface area (TPSA) is 57.5 Å². The molecule has 0 aromatic heterocycles. The summed E-state index contributed by atoms with van der Waals surface area (Å²) < 4.78 is 0. The van der Waals surface area contributed by atoms with Gasteiger partial charge in [-0.25, -0.2) is 0 Å². The number of carbonyl (C=O) groups is 1. The van der Waals surface area contributed by atoms with Crippen molar-refractivity contribution in [1.82, 2.24) is 0 Å². The Morgan fingerprint density at radius 1 is 1.46 bits per heavy atom. The maximum atomic E-state index is 10.9. The molecule has 0 spiro atoms. The number of rotatable bonds is 2. The Balaban J connectivity index is 0.000000671. The normalized spacial score (nSPS) is 14.7. The van der Waals surface area contributed by atoms with E-state index in [4.69, 9.17) is 10.2 Å². The summed E-state index contributed by atoms with van der Waals surface area (Å²) in [5, 5.41) is 17.0. The summed E-state index contributed by atoms with van der Waals surface area (Å²) in [7, 11) is 0. The van der Waals surface area contributed by atoms with E-state index < -0.39 is 12.1 Å². The minimum absolute atomic E-state index is 0.488. The van der Waals surface area contributed by atoms with Crippen LogP contribution in [0.1, 0.15) is 26.7 Å². The van der Waals surface area contributed by atoms with Crippen LogP contribution in [0.25, 0.3) is 0 Å². The molecule has 0 aromatic rings. The molecule has 0 radical (unpaired) electrons. The Labute approximate surface area is 78.4 Å². The Morgan fingerprint density at radius 2 is 2.08 bits per heavy atom. The number of carbonyl (C=O) groups excluding carboxylic acids is 1. The minimum atomic E-state index is -1.85. The summed E-state index contributed by atoms with van der Waals surface area (Å²) in [6.07, 6.45) is 4.84. The van der Waals surface area contributed by atoms with E-state index in [0.717, 1.165) is 6.42 Å². The second kappa shape index (κ2) is 6.57. The molecule has 0 amide bonds. The third-order valence-electron chi connectivity index (χ3n) is 1.56. The van der Waals surface area contributed by atoms with Crippen LogP contribution in [0.3, 0.4) is 0 Å². The van der Waals surface area contributed by atoms with Crippen molar-refractivity contribution in [3.8, 4) is 0 Å². The molecule has 1 aliphatic carbocycles. The van der Waals surface area contributed by atoms with Crippen molar-refractivity contribution in [3.63, 3.8) is 0 Å². The lowest BCUT2D eigenvalue weighted by atomic mass is 10.0. The molecule has 0 saturated heterocycles. The van der Waals surface area contributed by atoms with Gasteiger partial charge in [0.2, 0.25) is 12.1 Å². The lowest BCUT2D eigenvalue weighted by Crippen LogP contribution is -2.21. The molecule has 0 atom stereocenters. The van der Waals surface area contributed by atoms with E-state index in [1.54, 1.807) is 12.2 Å². The highest BCUT2D eigenvalue weighted by Gasteiger charge is 2.16. The van der Waals surface area contributed by atoms with E-state index in [2.05, 4.69) is 0 Å². The maximum absolute atomic E-state index is 10.9. The van der Waals surface area contributed by atoms with Gasteiger partial charge in [-0.15, -0.1) is 0 Å². The van der Waals surface area contributed by atoms with Crippen LogP contribution in [0.4, 0.5) is 0 Å². The number of aliphatic hydroxyl groups is 2. The molecule has 3 nitrogen and oxygen atoms in total. The predicted molar refractivity (Wildman–Crippen MR) is 51.0 cm³/mol. The predicted octanol–water partition coefficient (Wildman–Crippen LogP) is 1.17. The van der Waals surface area contributed by atoms with Crippen molar-refractivity contribution < 1.29 is 15.0 Å². The van der Waals surface area contributed by atoms with Crippen molar-refractivity contribution in [3.05, 3.63) is 23.8 Å². The summed E-state index contributed by atoms with van der Waals surface area (Å²) in [6, 6.07) is 0. The van der Waals surface area contributed by atoms with Gasteiger partial charge in [-0.3, -0.25) is 4.79 Å². The first-order valence-corrected chi connectivity index (χ1v) is 4.48. The third-order valence-corrected chi connectivity index (χ3v) is 1.56. The first kappa shape index (κ1) is 12.1. The molecule has 1 aliphatic rings. The largest absolute Gasteiger partial charge is 0.362 e. The van der Waals surface area contributed by atoms with Crippen LogP contribution in [0.15, 0.2) is 23.8 Å². The average Bonchev–Trinajstić information content (AvgIpc) is 2.21. The first-order chi connectivity index (χ1) is 6.22. The molecule has 0 aliphatic heterocycles. The van der Waals surface area contributed by atoms with Gasteiger partial charge in [0.15, 0.2) is 0 Å². The second-order valence-corrected chi connectivity index (χ2v) is 2.40. The molecule has 74 valence electrons. The van der Waals surface area contributed by atoms with E-state index in [-0.39, 0.29) is 0 Å². The SMILES string of the molecule is CC.O=C(C1=CC=CCC1)C(O)O. The van der Waals surface area contributed by atoms with Crippen molar-refractivity contribution in [2.45, 2.75) is 33.0 Å². The Bertz CT molecular complexity index is 214. The highest BCUT2D eigenvalue weighted by Crippen LogP contribution is 2.13. The van der Waals surface area contributed by atoms with E-state index in [0.29, 0.717) is 12.0 Å². The first-order valence-electron chi connectivity index (χ1n) is 4.48. The van der Waals surface area contributed by atoms with Crippen molar-refractivity contribution in [2.24, 2.45) is 0 Å². The number of Topliss-reactive ketones (excluding diaryl/α,β-unsaturated/α-hetero) is 1. The average molecular weight is 184 g/mol. The molecule has 0 fully saturated rings. The van der Waals surface area contributed by atoms with Crippen LogP contribution < -0.4 is 0 Å². The van der Waals surface area contributed by atoms with Gasteiger partial charge < -0.3 is 10.2 Å². The van der Waals surface area contributed by atoms with Gasteiger partial charge in [0.25, 0.3) is 0 Å². The quantitative estimate of drug-likeness (QED) is 0.633. The van der Waals surface area contributed by atoms with Gasteiger partial charge in [-0.05, 0) is 12.8 Å². The number of allylic oxidation sites excluding steroid dienone is 3. The van der Waals surface area contributed by atoms with Crippen LogP contribution in [0.2, 0.25) is 0 Å². The van der Waals surface area contributed by atoms with Crippen LogP contribution in [-0.4, -0.2) is 22.3 Å². The number of aliphatic hydroxyl groups excluding tert-OH is 1. The van der Waals surface area contributed by atoms with Crippen molar-refractivity contribution in [1.29, 1.82) is 0 Å². The van der Waals surface area contributed by atoms with Crippen LogP contribution in [-0.2, 0) is 4.79 Å². The Hall–Kier alpha value is -0.930. The molecule has 1 rings (SSSR count).